The van der Waals surface area contributed by atoms with Crippen molar-refractivity contribution in [2.75, 3.05) is 0 Å². The second kappa shape index (κ2) is 5.54. The van der Waals surface area contributed by atoms with E-state index >= 15 is 0 Å². The molecule has 1 N–H and O–H groups in total. The van der Waals surface area contributed by atoms with Gasteiger partial charge in [-0.25, -0.2) is 0 Å². The van der Waals surface area contributed by atoms with Gasteiger partial charge in [-0.3, -0.25) is 0 Å². The highest BCUT2D eigenvalue weighted by Crippen LogP contribution is 2.15. The van der Waals surface area contributed by atoms with Gasteiger partial charge in [-0.1, -0.05) is 37.3 Å². The molecular formula is C12H17N5. The van der Waals surface area contributed by atoms with Crippen LogP contribution in [-0.4, -0.2) is 20.2 Å². The second-order valence-electron chi connectivity index (χ2n) is 3.95. The van der Waals surface area contributed by atoms with Gasteiger partial charge in [0.25, 0.3) is 0 Å². The minimum atomic E-state index is 0.333. The third-order valence-corrected chi connectivity index (χ3v) is 2.67. The van der Waals surface area contributed by atoms with Gasteiger partial charge < -0.3 is 5.32 Å². The summed E-state index contributed by atoms with van der Waals surface area (Å²) in [6.45, 7) is 2.80. The smallest absolute Gasteiger partial charge is 0.188 e. The Hall–Kier alpha value is -1.75. The van der Waals surface area contributed by atoms with Crippen molar-refractivity contribution in [3.05, 3.63) is 41.7 Å². The molecule has 0 spiro atoms. The average Bonchev–Trinajstić information content (AvgIpc) is 2.77. The summed E-state index contributed by atoms with van der Waals surface area (Å²) in [6.07, 6.45) is 1.03. The zero-order chi connectivity index (χ0) is 12.1. The predicted molar refractivity (Wildman–Crippen MR) is 65.1 cm³/mol. The van der Waals surface area contributed by atoms with Gasteiger partial charge in [0.05, 0.1) is 13.6 Å². The Labute approximate surface area is 101 Å². The number of nitrogens with zero attached hydrogens (tertiary/aromatic N) is 4. The van der Waals surface area contributed by atoms with Crippen LogP contribution in [0.2, 0.25) is 0 Å². The Bertz CT molecular complexity index is 451. The maximum atomic E-state index is 4.14. The fourth-order valence-corrected chi connectivity index (χ4v) is 1.79. The molecule has 0 fully saturated rings. The fourth-order valence-electron chi connectivity index (χ4n) is 1.79. The summed E-state index contributed by atoms with van der Waals surface area (Å²) in [6, 6.07) is 10.7. The molecule has 2 aromatic rings. The average molecular weight is 231 g/mol. The van der Waals surface area contributed by atoms with Gasteiger partial charge in [0.1, 0.15) is 0 Å². The maximum absolute atomic E-state index is 4.14. The van der Waals surface area contributed by atoms with E-state index in [4.69, 9.17) is 0 Å². The van der Waals surface area contributed by atoms with Crippen LogP contribution in [0.15, 0.2) is 30.3 Å². The number of aromatic nitrogens is 4. The van der Waals surface area contributed by atoms with E-state index < -0.39 is 0 Å². The quantitative estimate of drug-likeness (QED) is 0.846. The van der Waals surface area contributed by atoms with Crippen LogP contribution in [0, 0.1) is 0 Å². The summed E-state index contributed by atoms with van der Waals surface area (Å²) in [7, 11) is 1.77. The van der Waals surface area contributed by atoms with Crippen LogP contribution in [0.5, 0.6) is 0 Å². The van der Waals surface area contributed by atoms with Crippen LogP contribution in [0.25, 0.3) is 0 Å². The van der Waals surface area contributed by atoms with Crippen LogP contribution >= 0.6 is 0 Å². The van der Waals surface area contributed by atoms with E-state index in [2.05, 4.69) is 51.9 Å². The van der Waals surface area contributed by atoms with E-state index in [1.807, 2.05) is 6.07 Å². The summed E-state index contributed by atoms with van der Waals surface area (Å²) in [4.78, 5) is 1.47. The van der Waals surface area contributed by atoms with Crippen LogP contribution in [0.4, 0.5) is 0 Å². The largest absolute Gasteiger partial charge is 0.303 e. The summed E-state index contributed by atoms with van der Waals surface area (Å²) in [5, 5.41) is 15.3. The van der Waals surface area contributed by atoms with Crippen molar-refractivity contribution in [1.29, 1.82) is 0 Å². The summed E-state index contributed by atoms with van der Waals surface area (Å²) in [5.41, 5.74) is 1.29. The van der Waals surface area contributed by atoms with E-state index in [1.165, 1.54) is 10.4 Å². The highest BCUT2D eigenvalue weighted by molar-refractivity contribution is 5.18. The summed E-state index contributed by atoms with van der Waals surface area (Å²) >= 11 is 0. The van der Waals surface area contributed by atoms with Crippen molar-refractivity contribution in [3.63, 3.8) is 0 Å². The molecule has 1 aromatic heterocycles. The molecule has 0 radical (unpaired) electrons. The Morgan fingerprint density at radius 2 is 2.06 bits per heavy atom. The summed E-state index contributed by atoms with van der Waals surface area (Å²) < 4.78 is 0. The molecule has 1 atom stereocenters. The molecule has 17 heavy (non-hydrogen) atoms. The molecule has 0 aliphatic rings. The topological polar surface area (TPSA) is 55.6 Å². The minimum Gasteiger partial charge on any atom is -0.303 e. The van der Waals surface area contributed by atoms with Crippen molar-refractivity contribution in [2.45, 2.75) is 25.9 Å². The first kappa shape index (κ1) is 11.7. The van der Waals surface area contributed by atoms with Crippen LogP contribution in [-0.2, 0) is 13.6 Å². The number of hydrogen-bond acceptors (Lipinski definition) is 4. The van der Waals surface area contributed by atoms with Gasteiger partial charge in [-0.15, -0.1) is 10.2 Å². The van der Waals surface area contributed by atoms with Crippen LogP contribution in [0.1, 0.15) is 30.8 Å². The molecule has 1 unspecified atom stereocenters. The zero-order valence-corrected chi connectivity index (χ0v) is 10.2. The minimum absolute atomic E-state index is 0.333. The molecule has 1 aromatic carbocycles. The van der Waals surface area contributed by atoms with E-state index in [0.717, 1.165) is 12.2 Å². The molecule has 5 heteroatoms. The lowest BCUT2D eigenvalue weighted by Gasteiger charge is -2.15. The lowest BCUT2D eigenvalue weighted by atomic mass is 10.0. The van der Waals surface area contributed by atoms with Gasteiger partial charge in [-0.2, -0.15) is 4.80 Å². The molecule has 1 heterocycles. The van der Waals surface area contributed by atoms with Gasteiger partial charge in [-0.05, 0) is 17.2 Å². The fraction of sp³-hybridized carbons (Fsp3) is 0.417. The first-order chi connectivity index (χ1) is 8.29. The maximum Gasteiger partial charge on any atom is 0.188 e. The van der Waals surface area contributed by atoms with Gasteiger partial charge in [0.2, 0.25) is 0 Å². The highest BCUT2D eigenvalue weighted by atomic mass is 15.6. The van der Waals surface area contributed by atoms with E-state index in [9.17, 15) is 0 Å². The number of tetrazole rings is 1. The summed E-state index contributed by atoms with van der Waals surface area (Å²) in [5.74, 6) is 0.724. The Morgan fingerprint density at radius 1 is 1.29 bits per heavy atom. The molecule has 0 saturated heterocycles. The molecular weight excluding hydrogens is 214 g/mol. The van der Waals surface area contributed by atoms with Crippen molar-refractivity contribution < 1.29 is 0 Å². The molecule has 2 rings (SSSR count). The second-order valence-corrected chi connectivity index (χ2v) is 3.95. The first-order valence-corrected chi connectivity index (χ1v) is 5.80. The van der Waals surface area contributed by atoms with Crippen LogP contribution < -0.4 is 5.32 Å². The molecule has 0 aliphatic heterocycles. The van der Waals surface area contributed by atoms with Crippen molar-refractivity contribution >= 4 is 0 Å². The third-order valence-electron chi connectivity index (χ3n) is 2.67. The highest BCUT2D eigenvalue weighted by Gasteiger charge is 2.09. The van der Waals surface area contributed by atoms with E-state index in [-0.39, 0.29) is 0 Å². The number of benzene rings is 1. The normalized spacial score (nSPS) is 12.6. The predicted octanol–water partition coefficient (Wildman–Crippen LogP) is 1.45. The molecule has 0 saturated carbocycles. The van der Waals surface area contributed by atoms with Gasteiger partial charge in [0.15, 0.2) is 5.82 Å². The lowest BCUT2D eigenvalue weighted by Crippen LogP contribution is -2.21. The van der Waals surface area contributed by atoms with Crippen molar-refractivity contribution in [3.8, 4) is 0 Å². The zero-order valence-electron chi connectivity index (χ0n) is 10.2. The van der Waals surface area contributed by atoms with Crippen molar-refractivity contribution in [1.82, 2.24) is 25.5 Å². The first-order valence-electron chi connectivity index (χ1n) is 5.80. The van der Waals surface area contributed by atoms with Gasteiger partial charge >= 0.3 is 0 Å². The molecule has 5 nitrogen and oxygen atoms in total. The molecule has 90 valence electrons. The lowest BCUT2D eigenvalue weighted by molar-refractivity contribution is 0.507. The standard InChI is InChI=1S/C12H17N5/c1-3-11(10-7-5-4-6-8-10)13-9-12-14-16-17(2)15-12/h4-8,11,13H,3,9H2,1-2H3. The number of aryl methyl sites for hydroxylation is 1. The molecule has 0 bridgehead atoms. The monoisotopic (exact) mass is 231 g/mol. The Kier molecular flexibility index (Phi) is 3.82. The third kappa shape index (κ3) is 3.10. The number of rotatable bonds is 5. The van der Waals surface area contributed by atoms with Crippen LogP contribution in [0.3, 0.4) is 0 Å². The van der Waals surface area contributed by atoms with Crippen molar-refractivity contribution in [2.24, 2.45) is 7.05 Å². The molecule has 0 aliphatic carbocycles. The van der Waals surface area contributed by atoms with E-state index in [1.54, 1.807) is 7.05 Å². The van der Waals surface area contributed by atoms with E-state index in [0.29, 0.717) is 12.6 Å². The number of hydrogen-bond donors (Lipinski definition) is 1. The Balaban J connectivity index is 1.97. The Morgan fingerprint density at radius 3 is 2.65 bits per heavy atom. The number of nitrogens with one attached hydrogen (secondary N) is 1. The molecule has 0 amide bonds. The van der Waals surface area contributed by atoms with Gasteiger partial charge in [0, 0.05) is 6.04 Å². The SMILES string of the molecule is CCC(NCc1nnn(C)n1)c1ccccc1.